The molecule has 0 fully saturated rings. The van der Waals surface area contributed by atoms with Gasteiger partial charge in [-0.25, -0.2) is 8.42 Å². The molecule has 0 aromatic heterocycles. The number of rotatable bonds is 11. The summed E-state index contributed by atoms with van der Waals surface area (Å²) in [4.78, 5) is 28.0. The van der Waals surface area contributed by atoms with Crippen molar-refractivity contribution in [2.75, 3.05) is 12.8 Å². The van der Waals surface area contributed by atoms with Crippen molar-refractivity contribution in [2.45, 2.75) is 32.6 Å². The van der Waals surface area contributed by atoms with Crippen molar-refractivity contribution in [3.8, 4) is 0 Å². The fraction of sp³-hybridized carbons (Fsp3) is 0.259. The number of nitrogens with one attached hydrogen (secondary N) is 1. The molecule has 0 aliphatic carbocycles. The van der Waals surface area contributed by atoms with E-state index in [2.05, 4.69) is 5.32 Å². The summed E-state index contributed by atoms with van der Waals surface area (Å²) >= 11 is 18.2. The summed E-state index contributed by atoms with van der Waals surface area (Å²) < 4.78 is 26.2. The Morgan fingerprint density at radius 2 is 1.47 bits per heavy atom. The zero-order chi connectivity index (χ0) is 27.9. The lowest BCUT2D eigenvalue weighted by atomic mass is 10.1. The summed E-state index contributed by atoms with van der Waals surface area (Å²) in [5, 5.41) is 4.21. The van der Waals surface area contributed by atoms with Crippen LogP contribution in [0.2, 0.25) is 15.1 Å². The number of carbonyl (C=O) groups excluding carboxylic acids is 2. The molecular formula is C27H28Cl3N3O4S. The summed E-state index contributed by atoms with van der Waals surface area (Å²) in [6, 6.07) is 19.9. The van der Waals surface area contributed by atoms with Crippen LogP contribution in [-0.2, 0) is 39.2 Å². The lowest BCUT2D eigenvalue weighted by Gasteiger charge is -2.31. The lowest BCUT2D eigenvalue weighted by Crippen LogP contribution is -2.50. The monoisotopic (exact) mass is 595 g/mol. The zero-order valence-corrected chi connectivity index (χ0v) is 24.0. The maximum atomic E-state index is 13.6. The van der Waals surface area contributed by atoms with Crippen molar-refractivity contribution in [1.82, 2.24) is 14.5 Å². The Bertz CT molecular complexity index is 1370. The molecule has 3 aromatic carbocycles. The maximum absolute atomic E-state index is 13.6. The van der Waals surface area contributed by atoms with E-state index in [-0.39, 0.29) is 19.6 Å². The number of amides is 2. The molecule has 38 heavy (non-hydrogen) atoms. The minimum Gasteiger partial charge on any atom is -0.350 e. The van der Waals surface area contributed by atoms with Crippen LogP contribution in [0.3, 0.4) is 0 Å². The van der Waals surface area contributed by atoms with Gasteiger partial charge in [0.2, 0.25) is 21.8 Å². The smallest absolute Gasteiger partial charge is 0.242 e. The molecule has 202 valence electrons. The first-order chi connectivity index (χ1) is 17.9. The van der Waals surface area contributed by atoms with Gasteiger partial charge >= 0.3 is 0 Å². The molecule has 0 radical (unpaired) electrons. The quantitative estimate of drug-likeness (QED) is 0.332. The topological polar surface area (TPSA) is 86.8 Å². The van der Waals surface area contributed by atoms with Crippen LogP contribution in [0.1, 0.15) is 23.6 Å². The highest BCUT2D eigenvalue weighted by atomic mass is 35.5. The zero-order valence-electron chi connectivity index (χ0n) is 20.9. The van der Waals surface area contributed by atoms with Crippen LogP contribution < -0.4 is 5.32 Å². The molecule has 3 rings (SSSR count). The first kappa shape index (κ1) is 29.9. The van der Waals surface area contributed by atoms with Crippen LogP contribution in [0.5, 0.6) is 0 Å². The molecule has 0 heterocycles. The molecule has 0 saturated heterocycles. The third-order valence-electron chi connectivity index (χ3n) is 5.88. The van der Waals surface area contributed by atoms with E-state index in [9.17, 15) is 18.0 Å². The van der Waals surface area contributed by atoms with Crippen molar-refractivity contribution in [2.24, 2.45) is 0 Å². The Morgan fingerprint density at radius 1 is 0.868 bits per heavy atom. The Morgan fingerprint density at radius 3 is 2.08 bits per heavy atom. The van der Waals surface area contributed by atoms with E-state index < -0.39 is 34.4 Å². The van der Waals surface area contributed by atoms with Crippen LogP contribution >= 0.6 is 34.8 Å². The maximum Gasteiger partial charge on any atom is 0.242 e. The van der Waals surface area contributed by atoms with Gasteiger partial charge in [0.15, 0.2) is 0 Å². The van der Waals surface area contributed by atoms with Gasteiger partial charge < -0.3 is 10.2 Å². The van der Waals surface area contributed by atoms with E-state index in [4.69, 9.17) is 34.8 Å². The molecule has 11 heteroatoms. The van der Waals surface area contributed by atoms with Gasteiger partial charge in [-0.05, 0) is 47.9 Å². The number of sulfonamides is 1. The van der Waals surface area contributed by atoms with Crippen LogP contribution in [0.4, 0.5) is 0 Å². The van der Waals surface area contributed by atoms with Crippen molar-refractivity contribution in [3.63, 3.8) is 0 Å². The van der Waals surface area contributed by atoms with E-state index in [1.807, 2.05) is 6.07 Å². The Balaban J connectivity index is 1.81. The molecule has 0 aliphatic heterocycles. The minimum absolute atomic E-state index is 0.0237. The average molecular weight is 597 g/mol. The van der Waals surface area contributed by atoms with Gasteiger partial charge in [0, 0.05) is 34.7 Å². The predicted molar refractivity (Wildman–Crippen MR) is 151 cm³/mol. The van der Waals surface area contributed by atoms with E-state index in [0.717, 1.165) is 21.7 Å². The molecule has 0 spiro atoms. The standard InChI is InChI=1S/C27H28Cl3N3O4S/c1-19(27(35)31-15-22-10-13-24(29)14-25(22)30)33(17-21-8-11-23(28)12-9-21)26(34)18-32(38(2,36)37)16-20-6-4-3-5-7-20/h3-14,19H,15-18H2,1-2H3,(H,31,35). The average Bonchev–Trinajstić information content (AvgIpc) is 2.87. The molecule has 7 nitrogen and oxygen atoms in total. The first-order valence-corrected chi connectivity index (χ1v) is 14.7. The van der Waals surface area contributed by atoms with Crippen molar-refractivity contribution < 1.29 is 18.0 Å². The second kappa shape index (κ2) is 13.4. The van der Waals surface area contributed by atoms with Gasteiger partial charge in [-0.15, -0.1) is 0 Å². The second-order valence-corrected chi connectivity index (χ2v) is 12.1. The number of carbonyl (C=O) groups is 2. The van der Waals surface area contributed by atoms with E-state index >= 15 is 0 Å². The summed E-state index contributed by atoms with van der Waals surface area (Å²) in [6.07, 6.45) is 1.05. The Hall–Kier alpha value is -2.62. The number of hydrogen-bond acceptors (Lipinski definition) is 4. The third-order valence-corrected chi connectivity index (χ3v) is 7.92. The molecule has 0 bridgehead atoms. The Kier molecular flexibility index (Phi) is 10.6. The fourth-order valence-corrected chi connectivity index (χ4v) is 5.01. The van der Waals surface area contributed by atoms with Gasteiger partial charge in [0.25, 0.3) is 0 Å². The van der Waals surface area contributed by atoms with Crippen LogP contribution in [-0.4, -0.2) is 48.3 Å². The number of hydrogen-bond donors (Lipinski definition) is 1. The number of benzene rings is 3. The molecule has 1 atom stereocenters. The van der Waals surface area contributed by atoms with Crippen LogP contribution in [0.15, 0.2) is 72.8 Å². The highest BCUT2D eigenvalue weighted by Crippen LogP contribution is 2.21. The highest BCUT2D eigenvalue weighted by Gasteiger charge is 2.30. The predicted octanol–water partition coefficient (Wildman–Crippen LogP) is 5.14. The summed E-state index contributed by atoms with van der Waals surface area (Å²) in [6.45, 7) is 1.40. The molecule has 1 N–H and O–H groups in total. The number of halogens is 3. The molecular weight excluding hydrogens is 569 g/mol. The molecule has 2 amide bonds. The minimum atomic E-state index is -3.73. The van der Waals surface area contributed by atoms with Crippen molar-refractivity contribution in [3.05, 3.63) is 105 Å². The number of nitrogens with zero attached hydrogens (tertiary/aromatic N) is 2. The van der Waals surface area contributed by atoms with Gasteiger partial charge in [-0.3, -0.25) is 9.59 Å². The van der Waals surface area contributed by atoms with Crippen molar-refractivity contribution >= 4 is 56.6 Å². The van der Waals surface area contributed by atoms with E-state index in [0.29, 0.717) is 20.6 Å². The Labute approximate surface area is 238 Å². The van der Waals surface area contributed by atoms with Crippen LogP contribution in [0.25, 0.3) is 0 Å². The molecule has 0 aliphatic rings. The fourth-order valence-electron chi connectivity index (χ4n) is 3.68. The summed E-state index contributed by atoms with van der Waals surface area (Å²) in [7, 11) is -3.73. The molecule has 1 unspecified atom stereocenters. The third kappa shape index (κ3) is 8.71. The largest absolute Gasteiger partial charge is 0.350 e. The lowest BCUT2D eigenvalue weighted by molar-refractivity contribution is -0.140. The highest BCUT2D eigenvalue weighted by molar-refractivity contribution is 7.88. The molecule has 0 saturated carbocycles. The van der Waals surface area contributed by atoms with Gasteiger partial charge in [-0.2, -0.15) is 4.31 Å². The summed E-state index contributed by atoms with van der Waals surface area (Å²) in [5.74, 6) is -0.944. The van der Waals surface area contributed by atoms with Gasteiger partial charge in [-0.1, -0.05) is 83.3 Å². The summed E-state index contributed by atoms with van der Waals surface area (Å²) in [5.41, 5.74) is 2.14. The van der Waals surface area contributed by atoms with Gasteiger partial charge in [0.1, 0.15) is 6.04 Å². The molecule has 3 aromatic rings. The van der Waals surface area contributed by atoms with E-state index in [1.54, 1.807) is 73.7 Å². The normalized spacial score (nSPS) is 12.3. The first-order valence-electron chi connectivity index (χ1n) is 11.7. The van der Waals surface area contributed by atoms with E-state index in [1.165, 1.54) is 4.90 Å². The second-order valence-electron chi connectivity index (χ2n) is 8.79. The van der Waals surface area contributed by atoms with Crippen molar-refractivity contribution in [1.29, 1.82) is 0 Å². The SMILES string of the molecule is CC(C(=O)NCc1ccc(Cl)cc1Cl)N(Cc1ccc(Cl)cc1)C(=O)CN(Cc1ccccc1)S(C)(=O)=O. The van der Waals surface area contributed by atoms with Crippen LogP contribution in [0, 0.1) is 0 Å². The van der Waals surface area contributed by atoms with Gasteiger partial charge in [0.05, 0.1) is 12.8 Å².